The Kier molecular flexibility index (Phi) is 7.94. The predicted octanol–water partition coefficient (Wildman–Crippen LogP) is 3.38. The highest BCUT2D eigenvalue weighted by molar-refractivity contribution is 5.22. The van der Waals surface area contributed by atoms with Crippen LogP contribution in [0.15, 0.2) is 24.3 Å². The normalized spacial score (nSPS) is 14.7. The summed E-state index contributed by atoms with van der Waals surface area (Å²) < 4.78 is 5.51. The minimum atomic E-state index is -0.439. The van der Waals surface area contributed by atoms with Gasteiger partial charge in [0.2, 0.25) is 0 Å². The summed E-state index contributed by atoms with van der Waals surface area (Å²) in [5, 5.41) is 10.2. The zero-order chi connectivity index (χ0) is 15.8. The summed E-state index contributed by atoms with van der Waals surface area (Å²) in [6, 6.07) is 9.02. The van der Waals surface area contributed by atoms with Crippen LogP contribution in [0.5, 0.6) is 0 Å². The average Bonchev–Trinajstić information content (AvgIpc) is 2.43. The Hall–Kier alpha value is -0.900. The van der Waals surface area contributed by atoms with Crippen LogP contribution in [-0.4, -0.2) is 41.4 Å². The Bertz CT molecular complexity index is 406. The number of rotatable bonds is 9. The van der Waals surface area contributed by atoms with Crippen molar-refractivity contribution in [1.29, 1.82) is 0 Å². The lowest BCUT2D eigenvalue weighted by molar-refractivity contribution is -0.0149. The molecule has 0 heterocycles. The molecule has 120 valence electrons. The van der Waals surface area contributed by atoms with Crippen LogP contribution in [0.1, 0.15) is 45.2 Å². The summed E-state index contributed by atoms with van der Waals surface area (Å²) in [6.45, 7) is 12.4. The molecule has 0 aromatic heterocycles. The standard InChI is InChI=1S/C18H31NO2/c1-6-16(5)19(12-18(20)13-21-14(2)3)11-17-9-7-8-15(4)10-17/h7-10,14,16,18,20H,6,11-13H2,1-5H3/t16-,18-/m0/s1. The van der Waals surface area contributed by atoms with Gasteiger partial charge in [-0.3, -0.25) is 4.90 Å². The van der Waals surface area contributed by atoms with Crippen LogP contribution in [0.3, 0.4) is 0 Å². The Morgan fingerprint density at radius 3 is 2.52 bits per heavy atom. The van der Waals surface area contributed by atoms with Gasteiger partial charge in [-0.05, 0) is 39.7 Å². The molecule has 2 atom stereocenters. The second-order valence-corrected chi connectivity index (χ2v) is 6.21. The molecule has 0 aliphatic heterocycles. The van der Waals surface area contributed by atoms with E-state index in [1.165, 1.54) is 11.1 Å². The summed E-state index contributed by atoms with van der Waals surface area (Å²) in [5.41, 5.74) is 2.58. The fourth-order valence-electron chi connectivity index (χ4n) is 2.33. The summed E-state index contributed by atoms with van der Waals surface area (Å²) in [7, 11) is 0. The fourth-order valence-corrected chi connectivity index (χ4v) is 2.33. The van der Waals surface area contributed by atoms with Gasteiger partial charge in [-0.15, -0.1) is 0 Å². The molecule has 3 nitrogen and oxygen atoms in total. The molecular formula is C18H31NO2. The lowest BCUT2D eigenvalue weighted by Crippen LogP contribution is -2.40. The Morgan fingerprint density at radius 2 is 1.95 bits per heavy atom. The first-order valence-corrected chi connectivity index (χ1v) is 8.01. The van der Waals surface area contributed by atoms with Crippen molar-refractivity contribution in [3.05, 3.63) is 35.4 Å². The van der Waals surface area contributed by atoms with Crippen LogP contribution in [0.4, 0.5) is 0 Å². The van der Waals surface area contributed by atoms with Crippen molar-refractivity contribution in [3.8, 4) is 0 Å². The van der Waals surface area contributed by atoms with Gasteiger partial charge in [0.15, 0.2) is 0 Å². The van der Waals surface area contributed by atoms with Crippen molar-refractivity contribution in [2.75, 3.05) is 13.2 Å². The number of hydrogen-bond donors (Lipinski definition) is 1. The fraction of sp³-hybridized carbons (Fsp3) is 0.667. The number of aliphatic hydroxyl groups is 1. The third-order valence-corrected chi connectivity index (χ3v) is 3.75. The van der Waals surface area contributed by atoms with E-state index in [2.05, 4.69) is 49.9 Å². The minimum absolute atomic E-state index is 0.161. The number of hydrogen-bond acceptors (Lipinski definition) is 3. The van der Waals surface area contributed by atoms with Gasteiger partial charge < -0.3 is 9.84 Å². The molecule has 21 heavy (non-hydrogen) atoms. The molecule has 0 aliphatic rings. The average molecular weight is 293 g/mol. The Balaban J connectivity index is 2.63. The lowest BCUT2D eigenvalue weighted by Gasteiger charge is -2.30. The predicted molar refractivity (Wildman–Crippen MR) is 88.4 cm³/mol. The minimum Gasteiger partial charge on any atom is -0.389 e. The molecule has 3 heteroatoms. The van der Waals surface area contributed by atoms with Crippen molar-refractivity contribution in [1.82, 2.24) is 4.90 Å². The molecule has 0 aliphatic carbocycles. The molecule has 1 N–H and O–H groups in total. The summed E-state index contributed by atoms with van der Waals surface area (Å²) >= 11 is 0. The number of aliphatic hydroxyl groups excluding tert-OH is 1. The molecule has 1 aromatic carbocycles. The third kappa shape index (κ3) is 7.07. The maximum atomic E-state index is 10.2. The van der Waals surface area contributed by atoms with Gasteiger partial charge >= 0.3 is 0 Å². The molecular weight excluding hydrogens is 262 g/mol. The number of aryl methyl sites for hydroxylation is 1. The van der Waals surface area contributed by atoms with Crippen LogP contribution in [0.25, 0.3) is 0 Å². The highest BCUT2D eigenvalue weighted by Gasteiger charge is 2.17. The third-order valence-electron chi connectivity index (χ3n) is 3.75. The van der Waals surface area contributed by atoms with Crippen molar-refractivity contribution >= 4 is 0 Å². The molecule has 0 spiro atoms. The first kappa shape index (κ1) is 18.1. The van der Waals surface area contributed by atoms with Crippen LogP contribution in [-0.2, 0) is 11.3 Å². The molecule has 0 radical (unpaired) electrons. The van der Waals surface area contributed by atoms with Gasteiger partial charge in [-0.1, -0.05) is 36.8 Å². The first-order chi connectivity index (χ1) is 9.92. The number of ether oxygens (including phenoxy) is 1. The van der Waals surface area contributed by atoms with E-state index in [0.717, 1.165) is 13.0 Å². The van der Waals surface area contributed by atoms with Crippen LogP contribution < -0.4 is 0 Å². The van der Waals surface area contributed by atoms with Crippen LogP contribution >= 0.6 is 0 Å². The van der Waals surface area contributed by atoms with Crippen molar-refractivity contribution < 1.29 is 9.84 Å². The summed E-state index contributed by atoms with van der Waals surface area (Å²) in [4.78, 5) is 2.34. The van der Waals surface area contributed by atoms with E-state index in [4.69, 9.17) is 4.74 Å². The molecule has 0 amide bonds. The number of nitrogens with zero attached hydrogens (tertiary/aromatic N) is 1. The van der Waals surface area contributed by atoms with Gasteiger partial charge in [-0.2, -0.15) is 0 Å². The quantitative estimate of drug-likeness (QED) is 0.757. The van der Waals surface area contributed by atoms with Gasteiger partial charge in [0, 0.05) is 19.1 Å². The van der Waals surface area contributed by atoms with Crippen molar-refractivity contribution in [2.24, 2.45) is 0 Å². The molecule has 0 saturated heterocycles. The largest absolute Gasteiger partial charge is 0.389 e. The van der Waals surface area contributed by atoms with Gasteiger partial charge in [0.1, 0.15) is 0 Å². The smallest absolute Gasteiger partial charge is 0.0900 e. The number of benzene rings is 1. The van der Waals surface area contributed by atoms with Crippen LogP contribution in [0, 0.1) is 6.92 Å². The Labute approximate surface area is 129 Å². The summed E-state index contributed by atoms with van der Waals surface area (Å²) in [5.74, 6) is 0. The van der Waals surface area contributed by atoms with E-state index >= 15 is 0 Å². The SMILES string of the molecule is CC[C@H](C)N(Cc1cccc(C)c1)C[C@H](O)COC(C)C. The van der Waals surface area contributed by atoms with E-state index in [-0.39, 0.29) is 6.10 Å². The maximum absolute atomic E-state index is 10.2. The zero-order valence-corrected chi connectivity index (χ0v) is 14.2. The second kappa shape index (κ2) is 9.19. The highest BCUT2D eigenvalue weighted by Crippen LogP contribution is 2.13. The van der Waals surface area contributed by atoms with Gasteiger partial charge in [0.05, 0.1) is 18.8 Å². The molecule has 1 rings (SSSR count). The zero-order valence-electron chi connectivity index (χ0n) is 14.2. The molecule has 0 bridgehead atoms. The Morgan fingerprint density at radius 1 is 1.24 bits per heavy atom. The van der Waals surface area contributed by atoms with E-state index in [0.29, 0.717) is 19.2 Å². The molecule has 1 aromatic rings. The van der Waals surface area contributed by atoms with Gasteiger partial charge in [0.25, 0.3) is 0 Å². The van der Waals surface area contributed by atoms with E-state index < -0.39 is 6.10 Å². The van der Waals surface area contributed by atoms with Crippen molar-refractivity contribution in [2.45, 2.75) is 65.8 Å². The van der Waals surface area contributed by atoms with Gasteiger partial charge in [-0.25, -0.2) is 0 Å². The maximum Gasteiger partial charge on any atom is 0.0900 e. The summed E-state index contributed by atoms with van der Waals surface area (Å²) in [6.07, 6.45) is 0.795. The monoisotopic (exact) mass is 293 g/mol. The molecule has 0 unspecified atom stereocenters. The van der Waals surface area contributed by atoms with E-state index in [1.54, 1.807) is 0 Å². The van der Waals surface area contributed by atoms with Crippen molar-refractivity contribution in [3.63, 3.8) is 0 Å². The highest BCUT2D eigenvalue weighted by atomic mass is 16.5. The molecule has 0 fully saturated rings. The molecule has 0 saturated carbocycles. The topological polar surface area (TPSA) is 32.7 Å². The second-order valence-electron chi connectivity index (χ2n) is 6.21. The lowest BCUT2D eigenvalue weighted by atomic mass is 10.1. The first-order valence-electron chi connectivity index (χ1n) is 8.01. The van der Waals surface area contributed by atoms with E-state index in [1.807, 2.05) is 13.8 Å². The van der Waals surface area contributed by atoms with Crippen LogP contribution in [0.2, 0.25) is 0 Å². The van der Waals surface area contributed by atoms with E-state index in [9.17, 15) is 5.11 Å².